The average Bonchev–Trinajstić information content (AvgIpc) is 2.39. The number of hydrogen-bond donors (Lipinski definition) is 1. The van der Waals surface area contributed by atoms with Gasteiger partial charge in [-0.05, 0) is 42.9 Å². The summed E-state index contributed by atoms with van der Waals surface area (Å²) in [6, 6.07) is 5.53. The van der Waals surface area contributed by atoms with Gasteiger partial charge < -0.3 is 10.5 Å². The van der Waals surface area contributed by atoms with Gasteiger partial charge in [0.1, 0.15) is 0 Å². The molecule has 2 N–H and O–H groups in total. The molecule has 6 heteroatoms. The fourth-order valence-corrected chi connectivity index (χ4v) is 2.55. The van der Waals surface area contributed by atoms with Crippen LogP contribution in [-0.2, 0) is 17.3 Å². The smallest absolute Gasteiger partial charge is 0.381 e. The largest absolute Gasteiger partial charge is 0.416 e. The van der Waals surface area contributed by atoms with Crippen molar-refractivity contribution in [2.45, 2.75) is 25.4 Å². The van der Waals surface area contributed by atoms with Gasteiger partial charge in [-0.1, -0.05) is 18.2 Å². The molecule has 0 aromatic heterocycles. The second-order valence-electron chi connectivity index (χ2n) is 5.19. The first-order valence-electron chi connectivity index (χ1n) is 6.39. The summed E-state index contributed by atoms with van der Waals surface area (Å²) in [5, 5.41) is 0. The van der Waals surface area contributed by atoms with Crippen LogP contribution in [0.4, 0.5) is 13.2 Å². The lowest BCUT2D eigenvalue weighted by atomic mass is 9.75. The van der Waals surface area contributed by atoms with E-state index in [2.05, 4.69) is 0 Å². The van der Waals surface area contributed by atoms with Gasteiger partial charge in [-0.2, -0.15) is 13.2 Å². The fraction of sp³-hybridized carbons (Fsp3) is 0.571. The molecule has 114 valence electrons. The van der Waals surface area contributed by atoms with Crippen LogP contribution in [0.1, 0.15) is 24.0 Å². The Balaban J connectivity index is 0.00000200. The Morgan fingerprint density at radius 1 is 1.20 bits per heavy atom. The van der Waals surface area contributed by atoms with Crippen molar-refractivity contribution in [3.05, 3.63) is 35.4 Å². The van der Waals surface area contributed by atoms with E-state index in [9.17, 15) is 13.2 Å². The molecule has 2 rings (SSSR count). The maximum Gasteiger partial charge on any atom is 0.416 e. The number of benzene rings is 1. The van der Waals surface area contributed by atoms with Crippen LogP contribution in [0.25, 0.3) is 0 Å². The summed E-state index contributed by atoms with van der Waals surface area (Å²) in [6.45, 7) is 1.75. The summed E-state index contributed by atoms with van der Waals surface area (Å²) in [5.74, 6) is 0. The highest BCUT2D eigenvalue weighted by Crippen LogP contribution is 2.35. The number of rotatable bonds is 3. The Kier molecular flexibility index (Phi) is 5.86. The normalized spacial score (nSPS) is 18.4. The average molecular weight is 310 g/mol. The lowest BCUT2D eigenvalue weighted by Crippen LogP contribution is -2.38. The topological polar surface area (TPSA) is 35.2 Å². The molecule has 0 spiro atoms. The van der Waals surface area contributed by atoms with E-state index in [1.54, 1.807) is 6.07 Å². The molecule has 1 heterocycles. The molecule has 1 aliphatic heterocycles. The number of nitrogens with two attached hydrogens (primary N) is 1. The molecule has 0 radical (unpaired) electrons. The molecule has 0 saturated carbocycles. The molecule has 1 aromatic rings. The van der Waals surface area contributed by atoms with Crippen LogP contribution in [-0.4, -0.2) is 19.8 Å². The SMILES string of the molecule is Cl.NCC1(Cc2cccc(C(F)(F)F)c2)CCOCC1. The van der Waals surface area contributed by atoms with E-state index < -0.39 is 11.7 Å². The minimum absolute atomic E-state index is 0. The van der Waals surface area contributed by atoms with Crippen LogP contribution >= 0.6 is 12.4 Å². The molecule has 0 amide bonds. The van der Waals surface area contributed by atoms with E-state index in [1.807, 2.05) is 0 Å². The molecule has 0 atom stereocenters. The van der Waals surface area contributed by atoms with Crippen molar-refractivity contribution in [3.63, 3.8) is 0 Å². The van der Waals surface area contributed by atoms with Gasteiger partial charge in [0.25, 0.3) is 0 Å². The maximum atomic E-state index is 12.7. The van der Waals surface area contributed by atoms with E-state index in [4.69, 9.17) is 10.5 Å². The molecule has 20 heavy (non-hydrogen) atoms. The number of ether oxygens (including phenoxy) is 1. The molecule has 2 nitrogen and oxygen atoms in total. The van der Waals surface area contributed by atoms with E-state index in [0.29, 0.717) is 31.7 Å². The first-order valence-corrected chi connectivity index (χ1v) is 6.39. The summed E-state index contributed by atoms with van der Waals surface area (Å²) < 4.78 is 43.3. The molecule has 0 aliphatic carbocycles. The van der Waals surface area contributed by atoms with Crippen LogP contribution in [0.15, 0.2) is 24.3 Å². The van der Waals surface area contributed by atoms with Gasteiger partial charge in [0.05, 0.1) is 5.56 Å². The van der Waals surface area contributed by atoms with Gasteiger partial charge in [-0.25, -0.2) is 0 Å². The quantitative estimate of drug-likeness (QED) is 0.928. The molecular weight excluding hydrogens is 291 g/mol. The van der Waals surface area contributed by atoms with Gasteiger partial charge in [0, 0.05) is 13.2 Å². The van der Waals surface area contributed by atoms with Crippen molar-refractivity contribution in [3.8, 4) is 0 Å². The van der Waals surface area contributed by atoms with Gasteiger partial charge in [0.15, 0.2) is 0 Å². The number of halogens is 4. The molecule has 0 bridgehead atoms. The predicted molar refractivity (Wildman–Crippen MR) is 73.9 cm³/mol. The molecule has 1 aromatic carbocycles. The number of alkyl halides is 3. The van der Waals surface area contributed by atoms with Crippen molar-refractivity contribution in [2.24, 2.45) is 11.1 Å². The zero-order valence-electron chi connectivity index (χ0n) is 11.1. The van der Waals surface area contributed by atoms with Crippen molar-refractivity contribution >= 4 is 12.4 Å². The van der Waals surface area contributed by atoms with Crippen molar-refractivity contribution < 1.29 is 17.9 Å². The van der Waals surface area contributed by atoms with E-state index in [0.717, 1.165) is 18.9 Å². The minimum Gasteiger partial charge on any atom is -0.381 e. The second-order valence-corrected chi connectivity index (χ2v) is 5.19. The second kappa shape index (κ2) is 6.78. The van der Waals surface area contributed by atoms with Gasteiger partial charge >= 0.3 is 6.18 Å². The Hall–Kier alpha value is -0.780. The van der Waals surface area contributed by atoms with E-state index in [1.165, 1.54) is 12.1 Å². The third-order valence-corrected chi connectivity index (χ3v) is 3.82. The minimum atomic E-state index is -4.29. The lowest BCUT2D eigenvalue weighted by molar-refractivity contribution is -0.137. The summed E-state index contributed by atoms with van der Waals surface area (Å²) in [6.07, 6.45) is -2.10. The first kappa shape index (κ1) is 17.3. The Morgan fingerprint density at radius 2 is 1.85 bits per heavy atom. The molecule has 1 aliphatic rings. The highest BCUT2D eigenvalue weighted by molar-refractivity contribution is 5.85. The molecule has 1 fully saturated rings. The summed E-state index contributed by atoms with van der Waals surface area (Å²) in [5.41, 5.74) is 5.81. The van der Waals surface area contributed by atoms with Crippen molar-refractivity contribution in [1.82, 2.24) is 0 Å². The first-order chi connectivity index (χ1) is 8.95. The fourth-order valence-electron chi connectivity index (χ4n) is 2.55. The Bertz CT molecular complexity index is 431. The number of hydrogen-bond acceptors (Lipinski definition) is 2. The summed E-state index contributed by atoms with van der Waals surface area (Å²) in [7, 11) is 0. The third-order valence-electron chi connectivity index (χ3n) is 3.82. The Labute approximate surface area is 122 Å². The molecular formula is C14H19ClF3NO. The van der Waals surface area contributed by atoms with Gasteiger partial charge in [0.2, 0.25) is 0 Å². The van der Waals surface area contributed by atoms with E-state index in [-0.39, 0.29) is 17.8 Å². The highest BCUT2D eigenvalue weighted by atomic mass is 35.5. The monoisotopic (exact) mass is 309 g/mol. The summed E-state index contributed by atoms with van der Waals surface area (Å²) >= 11 is 0. The van der Waals surface area contributed by atoms with Crippen molar-refractivity contribution in [2.75, 3.05) is 19.8 Å². The molecule has 0 unspecified atom stereocenters. The van der Waals surface area contributed by atoms with Gasteiger partial charge in [-0.15, -0.1) is 12.4 Å². The zero-order valence-corrected chi connectivity index (χ0v) is 11.9. The maximum absolute atomic E-state index is 12.7. The lowest BCUT2D eigenvalue weighted by Gasteiger charge is -2.36. The van der Waals surface area contributed by atoms with Crippen LogP contribution < -0.4 is 5.73 Å². The van der Waals surface area contributed by atoms with E-state index >= 15 is 0 Å². The van der Waals surface area contributed by atoms with Crippen LogP contribution in [0.3, 0.4) is 0 Å². The summed E-state index contributed by atoms with van der Waals surface area (Å²) in [4.78, 5) is 0. The van der Waals surface area contributed by atoms with Gasteiger partial charge in [-0.3, -0.25) is 0 Å². The van der Waals surface area contributed by atoms with Crippen LogP contribution in [0, 0.1) is 5.41 Å². The molecule has 1 saturated heterocycles. The van der Waals surface area contributed by atoms with Crippen LogP contribution in [0.5, 0.6) is 0 Å². The third kappa shape index (κ3) is 4.11. The highest BCUT2D eigenvalue weighted by Gasteiger charge is 2.33. The van der Waals surface area contributed by atoms with Crippen molar-refractivity contribution in [1.29, 1.82) is 0 Å². The standard InChI is InChI=1S/C14H18F3NO.ClH/c15-14(16,17)12-3-1-2-11(8-12)9-13(10-18)4-6-19-7-5-13;/h1-3,8H,4-7,9-10,18H2;1H. The Morgan fingerprint density at radius 3 is 2.40 bits per heavy atom. The van der Waals surface area contributed by atoms with Crippen LogP contribution in [0.2, 0.25) is 0 Å². The predicted octanol–water partition coefficient (Wildman–Crippen LogP) is 3.43. The zero-order chi connectivity index (χ0) is 13.9.